The number of fused-ring (bicyclic) bond motifs is 4. The maximum atomic E-state index is 11.1. The summed E-state index contributed by atoms with van der Waals surface area (Å²) in [5.41, 5.74) is -1.96. The van der Waals surface area contributed by atoms with E-state index < -0.39 is 16.7 Å². The van der Waals surface area contributed by atoms with Crippen LogP contribution < -0.4 is 10.7 Å². The Morgan fingerprint density at radius 2 is 1.41 bits per heavy atom. The number of phenolic OH excluding ortho intramolecular Hbond substituents is 4. The lowest BCUT2D eigenvalue weighted by Gasteiger charge is -2.38. The van der Waals surface area contributed by atoms with Gasteiger partial charge in [0.05, 0.1) is 33.5 Å². The smallest absolute Gasteiger partial charge is 0.186 e. The average Bonchev–Trinajstić information content (AvgIpc) is 3.14. The molecule has 0 bridgehead atoms. The van der Waals surface area contributed by atoms with E-state index in [1.807, 2.05) is 27.7 Å². The molecule has 1 saturated heterocycles. The van der Waals surface area contributed by atoms with Gasteiger partial charge < -0.3 is 25.2 Å². The third-order valence-corrected chi connectivity index (χ3v) is 6.42. The molecule has 0 radical (unpaired) electrons. The second-order valence-electron chi connectivity index (χ2n) is 8.99. The Hall–Kier alpha value is -3.06. The molecule has 2 aliphatic rings. The van der Waals surface area contributed by atoms with Crippen molar-refractivity contribution in [3.05, 3.63) is 35.0 Å². The zero-order chi connectivity index (χ0) is 20.9. The van der Waals surface area contributed by atoms with Crippen molar-refractivity contribution in [2.75, 3.05) is 6.61 Å². The van der Waals surface area contributed by atoms with Gasteiger partial charge in [-0.25, -0.2) is 9.98 Å². The van der Waals surface area contributed by atoms with Crippen molar-refractivity contribution in [2.45, 2.75) is 39.0 Å². The van der Waals surface area contributed by atoms with E-state index in [2.05, 4.69) is 0 Å². The van der Waals surface area contributed by atoms with Gasteiger partial charge in [0, 0.05) is 10.8 Å². The molecule has 3 aromatic carbocycles. The molecule has 0 amide bonds. The number of ether oxygens (including phenoxy) is 1. The van der Waals surface area contributed by atoms with Crippen LogP contribution in [0.2, 0.25) is 0 Å². The standard InChI is InChI=1S/C22H22N2O5/c1-20(2)9-29-21(3,4)22(20)23-11-6-5-10-14(17(11)24-22)19(28)16-13(26)8-7-12(25)15(16)18(10)27/h5-8,25-28H,9H2,1-4H3. The van der Waals surface area contributed by atoms with E-state index in [4.69, 9.17) is 14.7 Å². The molecule has 1 spiro atoms. The van der Waals surface area contributed by atoms with Crippen LogP contribution in [0.4, 0.5) is 0 Å². The molecule has 1 atom stereocenters. The molecule has 3 aromatic rings. The SMILES string of the molecule is CC1(C)COC(C)(C)C12N=c1ccc3c(O)c4c(O)ccc(O)c4c(O)c3c1=N2. The Labute approximate surface area is 166 Å². The second kappa shape index (κ2) is 5.10. The van der Waals surface area contributed by atoms with E-state index in [0.717, 1.165) is 0 Å². The maximum Gasteiger partial charge on any atom is 0.186 e. The predicted octanol–water partition coefficient (Wildman–Crippen LogP) is 2.60. The number of hydrogen-bond donors (Lipinski definition) is 4. The lowest BCUT2D eigenvalue weighted by atomic mass is 9.74. The van der Waals surface area contributed by atoms with Gasteiger partial charge in [0.1, 0.15) is 28.6 Å². The molecule has 29 heavy (non-hydrogen) atoms. The highest BCUT2D eigenvalue weighted by atomic mass is 16.5. The van der Waals surface area contributed by atoms with Crippen LogP contribution in [0.15, 0.2) is 34.3 Å². The minimum atomic E-state index is -0.894. The van der Waals surface area contributed by atoms with Crippen LogP contribution in [0.5, 0.6) is 23.0 Å². The van der Waals surface area contributed by atoms with Gasteiger partial charge in [-0.3, -0.25) is 0 Å². The fourth-order valence-corrected chi connectivity index (χ4v) is 4.85. The van der Waals surface area contributed by atoms with E-state index >= 15 is 0 Å². The molecule has 7 heteroatoms. The molecule has 0 aliphatic carbocycles. The topological polar surface area (TPSA) is 115 Å². The molecule has 150 valence electrons. The summed E-state index contributed by atoms with van der Waals surface area (Å²) in [6.07, 6.45) is 0. The molecule has 2 aliphatic heterocycles. The van der Waals surface area contributed by atoms with Gasteiger partial charge in [-0.1, -0.05) is 13.8 Å². The summed E-state index contributed by atoms with van der Waals surface area (Å²) in [6.45, 7) is 8.45. The first-order valence-electron chi connectivity index (χ1n) is 9.46. The van der Waals surface area contributed by atoms with Crippen LogP contribution in [0.3, 0.4) is 0 Å². The fraction of sp³-hybridized carbons (Fsp3) is 0.364. The van der Waals surface area contributed by atoms with Crippen molar-refractivity contribution in [2.24, 2.45) is 15.4 Å². The Kier molecular flexibility index (Phi) is 3.17. The van der Waals surface area contributed by atoms with E-state index in [-0.39, 0.29) is 39.2 Å². The van der Waals surface area contributed by atoms with E-state index in [1.165, 1.54) is 12.1 Å². The Bertz CT molecular complexity index is 1340. The quantitative estimate of drug-likeness (QED) is 0.346. The van der Waals surface area contributed by atoms with Gasteiger partial charge in [-0.05, 0) is 38.1 Å². The van der Waals surface area contributed by atoms with Crippen LogP contribution in [0.1, 0.15) is 27.7 Å². The van der Waals surface area contributed by atoms with Crippen molar-refractivity contribution in [3.63, 3.8) is 0 Å². The van der Waals surface area contributed by atoms with Crippen LogP contribution in [-0.4, -0.2) is 38.3 Å². The third kappa shape index (κ3) is 1.95. The van der Waals surface area contributed by atoms with Crippen LogP contribution >= 0.6 is 0 Å². The predicted molar refractivity (Wildman–Crippen MR) is 107 cm³/mol. The Balaban J connectivity index is 2.01. The number of benzene rings is 3. The van der Waals surface area contributed by atoms with Gasteiger partial charge >= 0.3 is 0 Å². The minimum absolute atomic E-state index is 0.00976. The summed E-state index contributed by atoms with van der Waals surface area (Å²) >= 11 is 0. The zero-order valence-electron chi connectivity index (χ0n) is 16.6. The molecule has 5 rings (SSSR count). The average molecular weight is 394 g/mol. The second-order valence-corrected chi connectivity index (χ2v) is 8.99. The maximum absolute atomic E-state index is 11.1. The normalized spacial score (nSPS) is 24.0. The number of aromatic hydroxyl groups is 4. The van der Waals surface area contributed by atoms with Crippen molar-refractivity contribution in [1.82, 2.24) is 0 Å². The lowest BCUT2D eigenvalue weighted by Crippen LogP contribution is -2.50. The first-order valence-corrected chi connectivity index (χ1v) is 9.46. The van der Waals surface area contributed by atoms with Gasteiger partial charge in [0.25, 0.3) is 0 Å². The van der Waals surface area contributed by atoms with Crippen LogP contribution in [0, 0.1) is 5.41 Å². The van der Waals surface area contributed by atoms with Gasteiger partial charge in [-0.2, -0.15) is 0 Å². The fourth-order valence-electron chi connectivity index (χ4n) is 4.85. The highest BCUT2D eigenvalue weighted by Crippen LogP contribution is 2.52. The zero-order valence-corrected chi connectivity index (χ0v) is 16.6. The summed E-state index contributed by atoms with van der Waals surface area (Å²) in [5, 5.41) is 44.1. The van der Waals surface area contributed by atoms with Crippen LogP contribution in [-0.2, 0) is 4.74 Å². The van der Waals surface area contributed by atoms with Crippen molar-refractivity contribution < 1.29 is 25.2 Å². The van der Waals surface area contributed by atoms with Crippen molar-refractivity contribution in [1.29, 1.82) is 0 Å². The van der Waals surface area contributed by atoms with Gasteiger partial charge in [0.2, 0.25) is 0 Å². The first-order chi connectivity index (χ1) is 13.5. The van der Waals surface area contributed by atoms with Crippen molar-refractivity contribution in [3.8, 4) is 23.0 Å². The van der Waals surface area contributed by atoms with E-state index in [0.29, 0.717) is 22.7 Å². The number of nitrogens with zero attached hydrogens (tertiary/aromatic N) is 2. The molecule has 1 unspecified atom stereocenters. The molecule has 1 fully saturated rings. The molecular formula is C22H22N2O5. The number of phenols is 4. The van der Waals surface area contributed by atoms with E-state index in [9.17, 15) is 20.4 Å². The summed E-state index contributed by atoms with van der Waals surface area (Å²) in [5.74, 6) is -0.984. The highest BCUT2D eigenvalue weighted by molar-refractivity contribution is 6.14. The molecule has 7 nitrogen and oxygen atoms in total. The molecule has 0 saturated carbocycles. The molecular weight excluding hydrogens is 372 g/mol. The van der Waals surface area contributed by atoms with Crippen LogP contribution in [0.25, 0.3) is 21.5 Å². The summed E-state index contributed by atoms with van der Waals surface area (Å²) in [7, 11) is 0. The van der Waals surface area contributed by atoms with Gasteiger partial charge in [-0.15, -0.1) is 0 Å². The molecule has 0 aromatic heterocycles. The molecule has 2 heterocycles. The lowest BCUT2D eigenvalue weighted by molar-refractivity contribution is 0.00279. The summed E-state index contributed by atoms with van der Waals surface area (Å²) in [4.78, 5) is 9.90. The minimum Gasteiger partial charge on any atom is -0.507 e. The Morgan fingerprint density at radius 3 is 2.00 bits per heavy atom. The Morgan fingerprint density at radius 1 is 0.793 bits per heavy atom. The largest absolute Gasteiger partial charge is 0.507 e. The summed E-state index contributed by atoms with van der Waals surface area (Å²) < 4.78 is 6.02. The highest BCUT2D eigenvalue weighted by Gasteiger charge is 2.63. The number of rotatable bonds is 0. The van der Waals surface area contributed by atoms with E-state index in [1.54, 1.807) is 12.1 Å². The monoisotopic (exact) mass is 394 g/mol. The van der Waals surface area contributed by atoms with Gasteiger partial charge in [0.15, 0.2) is 5.66 Å². The number of hydrogen-bond acceptors (Lipinski definition) is 7. The summed E-state index contributed by atoms with van der Waals surface area (Å²) in [6, 6.07) is 5.92. The first kappa shape index (κ1) is 18.0. The van der Waals surface area contributed by atoms with Crippen molar-refractivity contribution >= 4 is 21.5 Å². The molecule has 4 N–H and O–H groups in total. The third-order valence-electron chi connectivity index (χ3n) is 6.42.